The first-order valence-electron chi connectivity index (χ1n) is 5.26. The van der Waals surface area contributed by atoms with Crippen LogP contribution in [0.15, 0.2) is 22.7 Å². The molecule has 0 amide bonds. The van der Waals surface area contributed by atoms with Gasteiger partial charge < -0.3 is 5.11 Å². The fourth-order valence-corrected chi connectivity index (χ4v) is 3.56. The van der Waals surface area contributed by atoms with Crippen molar-refractivity contribution in [3.63, 3.8) is 0 Å². The van der Waals surface area contributed by atoms with Crippen LogP contribution in [-0.4, -0.2) is 11.1 Å². The van der Waals surface area contributed by atoms with Crippen molar-refractivity contribution in [2.75, 3.05) is 0 Å². The first-order valence-corrected chi connectivity index (χ1v) is 6.87. The third-order valence-electron chi connectivity index (χ3n) is 2.59. The summed E-state index contributed by atoms with van der Waals surface area (Å²) in [7, 11) is 0. The fourth-order valence-electron chi connectivity index (χ4n) is 1.97. The van der Waals surface area contributed by atoms with Crippen LogP contribution < -0.4 is 0 Å². The minimum absolute atomic E-state index is 0.174. The van der Waals surface area contributed by atoms with Crippen LogP contribution in [0.1, 0.15) is 36.0 Å². The molecule has 0 unspecified atom stereocenters. The van der Waals surface area contributed by atoms with Crippen LogP contribution in [-0.2, 0) is 5.41 Å². The van der Waals surface area contributed by atoms with E-state index in [1.807, 2.05) is 39.0 Å². The Kier molecular flexibility index (Phi) is 3.04. The van der Waals surface area contributed by atoms with Crippen molar-refractivity contribution in [3.8, 4) is 0 Å². The van der Waals surface area contributed by atoms with Crippen LogP contribution in [0.25, 0.3) is 10.1 Å². The Morgan fingerprint density at radius 3 is 2.53 bits per heavy atom. The molecular formula is C13H13BrO2S. The molecule has 2 aromatic rings. The van der Waals surface area contributed by atoms with Gasteiger partial charge in [0, 0.05) is 9.17 Å². The Morgan fingerprint density at radius 1 is 1.35 bits per heavy atom. The summed E-state index contributed by atoms with van der Waals surface area (Å²) in [5.74, 6) is -0.841. The molecule has 0 fully saturated rings. The largest absolute Gasteiger partial charge is 0.477 e. The van der Waals surface area contributed by atoms with E-state index in [4.69, 9.17) is 0 Å². The van der Waals surface area contributed by atoms with Gasteiger partial charge in [0.05, 0.1) is 0 Å². The molecule has 0 spiro atoms. The first-order chi connectivity index (χ1) is 7.80. The summed E-state index contributed by atoms with van der Waals surface area (Å²) in [5.41, 5.74) is 0.749. The van der Waals surface area contributed by atoms with E-state index in [0.717, 1.165) is 20.1 Å². The molecule has 0 atom stereocenters. The van der Waals surface area contributed by atoms with Gasteiger partial charge in [0.25, 0.3) is 0 Å². The second-order valence-corrected chi connectivity index (χ2v) is 6.97. The Morgan fingerprint density at radius 2 is 2.00 bits per heavy atom. The number of thiophene rings is 1. The van der Waals surface area contributed by atoms with Gasteiger partial charge in [-0.1, -0.05) is 36.7 Å². The van der Waals surface area contributed by atoms with Crippen molar-refractivity contribution in [2.24, 2.45) is 0 Å². The molecule has 1 aromatic carbocycles. The van der Waals surface area contributed by atoms with Gasteiger partial charge in [-0.2, -0.15) is 0 Å². The molecule has 0 bridgehead atoms. The van der Waals surface area contributed by atoms with Gasteiger partial charge in [-0.15, -0.1) is 11.3 Å². The van der Waals surface area contributed by atoms with Gasteiger partial charge in [-0.3, -0.25) is 0 Å². The number of hydrogen-bond acceptors (Lipinski definition) is 2. The van der Waals surface area contributed by atoms with Crippen molar-refractivity contribution < 1.29 is 9.90 Å². The maximum absolute atomic E-state index is 11.3. The molecule has 1 N–H and O–H groups in total. The van der Waals surface area contributed by atoms with Crippen LogP contribution in [0, 0.1) is 0 Å². The molecule has 0 aliphatic carbocycles. The Bertz CT molecular complexity index is 593. The number of aromatic carboxylic acids is 1. The van der Waals surface area contributed by atoms with E-state index in [-0.39, 0.29) is 5.41 Å². The summed E-state index contributed by atoms with van der Waals surface area (Å²) in [6.45, 7) is 6.13. The van der Waals surface area contributed by atoms with Gasteiger partial charge in [-0.05, 0) is 34.6 Å². The monoisotopic (exact) mass is 312 g/mol. The van der Waals surface area contributed by atoms with E-state index < -0.39 is 5.97 Å². The predicted molar refractivity (Wildman–Crippen MR) is 75.2 cm³/mol. The van der Waals surface area contributed by atoms with Crippen molar-refractivity contribution >= 4 is 43.3 Å². The second kappa shape index (κ2) is 4.10. The molecule has 90 valence electrons. The number of rotatable bonds is 1. The second-order valence-electron chi connectivity index (χ2n) is 5.00. The third-order valence-corrected chi connectivity index (χ3v) is 4.25. The van der Waals surface area contributed by atoms with Crippen LogP contribution >= 0.6 is 27.3 Å². The topological polar surface area (TPSA) is 37.3 Å². The standard InChI is InChI=1S/C13H13BrO2S/c1-13(2,3)10-8-6-7(14)4-5-9(8)17-11(10)12(15)16/h4-6H,1-3H3,(H,15,16). The first kappa shape index (κ1) is 12.6. The lowest BCUT2D eigenvalue weighted by atomic mass is 9.85. The average Bonchev–Trinajstić information content (AvgIpc) is 2.55. The van der Waals surface area contributed by atoms with E-state index >= 15 is 0 Å². The lowest BCUT2D eigenvalue weighted by Crippen LogP contribution is -2.14. The highest BCUT2D eigenvalue weighted by molar-refractivity contribution is 9.10. The molecule has 4 heteroatoms. The Balaban J connectivity index is 2.87. The molecule has 0 aliphatic rings. The van der Waals surface area contributed by atoms with E-state index in [0.29, 0.717) is 4.88 Å². The molecule has 0 aliphatic heterocycles. The maximum Gasteiger partial charge on any atom is 0.346 e. The molecule has 0 saturated carbocycles. The summed E-state index contributed by atoms with van der Waals surface area (Å²) in [5, 5.41) is 10.3. The van der Waals surface area contributed by atoms with Crippen LogP contribution in [0.3, 0.4) is 0 Å². The SMILES string of the molecule is CC(C)(C)c1c(C(=O)O)sc2ccc(Br)cc12. The quantitative estimate of drug-likeness (QED) is 0.831. The summed E-state index contributed by atoms with van der Waals surface area (Å²) in [6, 6.07) is 5.90. The fraction of sp³-hybridized carbons (Fsp3) is 0.308. The number of carbonyl (C=O) groups is 1. The van der Waals surface area contributed by atoms with Gasteiger partial charge >= 0.3 is 5.97 Å². The third kappa shape index (κ3) is 2.24. The highest BCUT2D eigenvalue weighted by Gasteiger charge is 2.26. The van der Waals surface area contributed by atoms with Gasteiger partial charge in [0.2, 0.25) is 0 Å². The molecule has 2 nitrogen and oxygen atoms in total. The Labute approximate surface area is 112 Å². The van der Waals surface area contributed by atoms with Crippen LogP contribution in [0.5, 0.6) is 0 Å². The lowest BCUT2D eigenvalue weighted by Gasteiger charge is -2.19. The summed E-state index contributed by atoms with van der Waals surface area (Å²) < 4.78 is 2.00. The molecule has 0 saturated heterocycles. The molecule has 1 aromatic heterocycles. The minimum atomic E-state index is -0.841. The van der Waals surface area contributed by atoms with Gasteiger partial charge in [0.15, 0.2) is 0 Å². The number of halogens is 1. The number of carboxylic acid groups (broad SMARTS) is 1. The summed E-state index contributed by atoms with van der Waals surface area (Å²) in [6.07, 6.45) is 0. The average molecular weight is 313 g/mol. The molecular weight excluding hydrogens is 300 g/mol. The number of fused-ring (bicyclic) bond motifs is 1. The number of benzene rings is 1. The van der Waals surface area contributed by atoms with E-state index in [1.165, 1.54) is 11.3 Å². The van der Waals surface area contributed by atoms with E-state index in [9.17, 15) is 9.90 Å². The predicted octanol–water partition coefficient (Wildman–Crippen LogP) is 4.66. The zero-order valence-corrected chi connectivity index (χ0v) is 12.3. The molecule has 1 heterocycles. The van der Waals surface area contributed by atoms with Crippen molar-refractivity contribution in [2.45, 2.75) is 26.2 Å². The Hall–Kier alpha value is -0.870. The maximum atomic E-state index is 11.3. The zero-order valence-electron chi connectivity index (χ0n) is 9.87. The summed E-state index contributed by atoms with van der Waals surface area (Å²) >= 11 is 4.78. The highest BCUT2D eigenvalue weighted by Crippen LogP contribution is 2.40. The van der Waals surface area contributed by atoms with Crippen molar-refractivity contribution in [3.05, 3.63) is 33.1 Å². The number of hydrogen-bond donors (Lipinski definition) is 1. The highest BCUT2D eigenvalue weighted by atomic mass is 79.9. The van der Waals surface area contributed by atoms with E-state index in [1.54, 1.807) is 0 Å². The molecule has 17 heavy (non-hydrogen) atoms. The normalized spacial score (nSPS) is 12.0. The lowest BCUT2D eigenvalue weighted by molar-refractivity contribution is 0.0700. The molecule has 0 radical (unpaired) electrons. The van der Waals surface area contributed by atoms with Crippen LogP contribution in [0.2, 0.25) is 0 Å². The smallest absolute Gasteiger partial charge is 0.346 e. The summed E-state index contributed by atoms with van der Waals surface area (Å²) in [4.78, 5) is 11.8. The van der Waals surface area contributed by atoms with E-state index in [2.05, 4.69) is 15.9 Å². The zero-order chi connectivity index (χ0) is 12.8. The van der Waals surface area contributed by atoms with Crippen molar-refractivity contribution in [1.82, 2.24) is 0 Å². The van der Waals surface area contributed by atoms with Gasteiger partial charge in [-0.25, -0.2) is 4.79 Å². The van der Waals surface area contributed by atoms with Crippen LogP contribution in [0.4, 0.5) is 0 Å². The van der Waals surface area contributed by atoms with Crippen molar-refractivity contribution in [1.29, 1.82) is 0 Å². The van der Waals surface area contributed by atoms with Gasteiger partial charge in [0.1, 0.15) is 4.88 Å². The minimum Gasteiger partial charge on any atom is -0.477 e. The molecule has 2 rings (SSSR count). The number of carboxylic acids is 1.